The second-order valence-electron chi connectivity index (χ2n) is 10.4. The molecule has 0 aliphatic carbocycles. The molecule has 220 valence electrons. The van der Waals surface area contributed by atoms with E-state index in [2.05, 4.69) is 10.1 Å². The molecular formula is C28H30ClN7O4S2. The van der Waals surface area contributed by atoms with Gasteiger partial charge in [-0.05, 0) is 78.8 Å². The Morgan fingerprint density at radius 3 is 1.62 bits per heavy atom. The van der Waals surface area contributed by atoms with Crippen molar-refractivity contribution in [3.05, 3.63) is 65.7 Å². The minimum atomic E-state index is -3.59. The van der Waals surface area contributed by atoms with Gasteiger partial charge in [0.1, 0.15) is 0 Å². The maximum atomic E-state index is 13.1. The topological polar surface area (TPSA) is 158 Å². The van der Waals surface area contributed by atoms with E-state index in [1.165, 1.54) is 13.3 Å². The van der Waals surface area contributed by atoms with Gasteiger partial charge in [0.05, 0.1) is 20.5 Å². The average Bonchev–Trinajstić information content (AvgIpc) is 3.76. The summed E-state index contributed by atoms with van der Waals surface area (Å²) in [6, 6.07) is 16.7. The number of hydrogen-bond acceptors (Lipinski definition) is 8. The number of sulfonamides is 2. The molecule has 2 fully saturated rings. The van der Waals surface area contributed by atoms with Gasteiger partial charge in [-0.3, -0.25) is 0 Å². The number of nitrogen functional groups attached to an aromatic ring is 2. The van der Waals surface area contributed by atoms with Gasteiger partial charge in [-0.2, -0.15) is 18.3 Å². The molecule has 3 aromatic carbocycles. The van der Waals surface area contributed by atoms with E-state index < -0.39 is 20.0 Å². The molecule has 42 heavy (non-hydrogen) atoms. The third-order valence-electron chi connectivity index (χ3n) is 7.68. The number of nitrogens with two attached hydrogens (primary N) is 2. The highest BCUT2D eigenvalue weighted by atomic mass is 35.5. The van der Waals surface area contributed by atoms with Crippen molar-refractivity contribution in [1.29, 1.82) is 0 Å². The molecule has 2 aliphatic rings. The third kappa shape index (κ3) is 5.15. The maximum absolute atomic E-state index is 13.1. The fourth-order valence-electron chi connectivity index (χ4n) is 5.52. The summed E-state index contributed by atoms with van der Waals surface area (Å²) in [5.41, 5.74) is 15.0. The highest BCUT2D eigenvalue weighted by molar-refractivity contribution is 7.89. The molecule has 14 heteroatoms. The van der Waals surface area contributed by atoms with Crippen LogP contribution in [0.1, 0.15) is 25.7 Å². The van der Waals surface area contributed by atoms with Crippen LogP contribution in [0.25, 0.3) is 27.9 Å². The lowest BCUT2D eigenvalue weighted by Gasteiger charge is -2.18. The molecule has 0 amide bonds. The van der Waals surface area contributed by atoms with Crippen LogP contribution in [-0.2, 0) is 20.0 Å². The van der Waals surface area contributed by atoms with Crippen molar-refractivity contribution in [3.8, 4) is 27.9 Å². The summed E-state index contributed by atoms with van der Waals surface area (Å²) in [5, 5.41) is 4.52. The first-order chi connectivity index (χ1) is 20.1. The largest absolute Gasteiger partial charge is 0.368 e. The lowest BCUT2D eigenvalue weighted by Crippen LogP contribution is -2.27. The van der Waals surface area contributed by atoms with Crippen LogP contribution in [0.3, 0.4) is 0 Å². The minimum absolute atomic E-state index is 0.000483. The van der Waals surface area contributed by atoms with Gasteiger partial charge in [-0.15, -0.1) is 5.10 Å². The van der Waals surface area contributed by atoms with E-state index in [4.69, 9.17) is 23.1 Å². The summed E-state index contributed by atoms with van der Waals surface area (Å²) in [7, 11) is -7.18. The molecule has 0 bridgehead atoms. The average molecular weight is 628 g/mol. The summed E-state index contributed by atoms with van der Waals surface area (Å²) in [6.07, 6.45) is 3.39. The van der Waals surface area contributed by atoms with E-state index in [1.54, 1.807) is 54.6 Å². The van der Waals surface area contributed by atoms with Crippen LogP contribution in [0.5, 0.6) is 0 Å². The van der Waals surface area contributed by atoms with E-state index in [-0.39, 0.29) is 21.7 Å². The zero-order valence-electron chi connectivity index (χ0n) is 22.6. The fourth-order valence-corrected chi connectivity index (χ4v) is 8.88. The summed E-state index contributed by atoms with van der Waals surface area (Å²) >= 11 is 6.89. The Kier molecular flexibility index (Phi) is 7.48. The Labute approximate surface area is 249 Å². The smallest absolute Gasteiger partial charge is 0.243 e. The molecule has 0 atom stereocenters. The third-order valence-corrected chi connectivity index (χ3v) is 11.8. The van der Waals surface area contributed by atoms with Crippen LogP contribution in [0.4, 0.5) is 11.9 Å². The highest BCUT2D eigenvalue weighted by Gasteiger charge is 2.29. The van der Waals surface area contributed by atoms with Gasteiger partial charge in [0.2, 0.25) is 31.9 Å². The number of rotatable bonds is 7. The molecule has 11 nitrogen and oxygen atoms in total. The van der Waals surface area contributed by atoms with Crippen LogP contribution in [-0.4, -0.2) is 66.4 Å². The van der Waals surface area contributed by atoms with Crippen molar-refractivity contribution in [2.24, 2.45) is 0 Å². The molecule has 0 radical (unpaired) electrons. The predicted octanol–water partition coefficient (Wildman–Crippen LogP) is 3.99. The van der Waals surface area contributed by atoms with E-state index in [0.29, 0.717) is 59.1 Å². The molecule has 1 aromatic heterocycles. The molecule has 0 spiro atoms. The fraction of sp³-hybridized carbons (Fsp3) is 0.286. The Bertz CT molecular complexity index is 1850. The molecule has 0 saturated carbocycles. The number of anilines is 2. The number of halogens is 1. The molecule has 4 aromatic rings. The Balaban J connectivity index is 1.45. The molecule has 4 N–H and O–H groups in total. The quantitative estimate of drug-likeness (QED) is 0.311. The van der Waals surface area contributed by atoms with Crippen LogP contribution < -0.4 is 11.5 Å². The number of aromatic nitrogens is 3. The van der Waals surface area contributed by atoms with Gasteiger partial charge < -0.3 is 11.5 Å². The summed E-state index contributed by atoms with van der Waals surface area (Å²) in [4.78, 5) is 4.40. The van der Waals surface area contributed by atoms with Crippen molar-refractivity contribution in [2.75, 3.05) is 37.6 Å². The van der Waals surface area contributed by atoms with Crippen molar-refractivity contribution in [3.63, 3.8) is 0 Å². The monoisotopic (exact) mass is 627 g/mol. The number of benzene rings is 3. The first kappa shape index (κ1) is 28.6. The second kappa shape index (κ2) is 11.0. The Morgan fingerprint density at radius 1 is 0.690 bits per heavy atom. The Hall–Kier alpha value is -3.49. The van der Waals surface area contributed by atoms with E-state index >= 15 is 0 Å². The highest BCUT2D eigenvalue weighted by Crippen LogP contribution is 2.41. The molecule has 3 heterocycles. The van der Waals surface area contributed by atoms with Gasteiger partial charge in [0.25, 0.3) is 0 Å². The van der Waals surface area contributed by atoms with Crippen molar-refractivity contribution in [1.82, 2.24) is 23.4 Å². The van der Waals surface area contributed by atoms with Crippen LogP contribution in [0, 0.1) is 0 Å². The van der Waals surface area contributed by atoms with Gasteiger partial charge in [0.15, 0.2) is 0 Å². The molecule has 2 aliphatic heterocycles. The van der Waals surface area contributed by atoms with Gasteiger partial charge in [-0.1, -0.05) is 35.9 Å². The molecular weight excluding hydrogens is 598 g/mol. The summed E-state index contributed by atoms with van der Waals surface area (Å²) < 4.78 is 56.8. The number of hydrogen-bond donors (Lipinski definition) is 2. The minimum Gasteiger partial charge on any atom is -0.368 e. The zero-order valence-corrected chi connectivity index (χ0v) is 25.0. The first-order valence-corrected chi connectivity index (χ1v) is 16.8. The van der Waals surface area contributed by atoms with E-state index in [0.717, 1.165) is 25.7 Å². The summed E-state index contributed by atoms with van der Waals surface area (Å²) in [5.74, 6) is 0.0753. The first-order valence-electron chi connectivity index (χ1n) is 13.6. The second-order valence-corrected chi connectivity index (χ2v) is 14.6. The zero-order chi connectivity index (χ0) is 29.6. The van der Waals surface area contributed by atoms with Gasteiger partial charge >= 0.3 is 0 Å². The van der Waals surface area contributed by atoms with Gasteiger partial charge in [0, 0.05) is 31.7 Å². The van der Waals surface area contributed by atoms with Crippen LogP contribution in [0.15, 0.2) is 70.5 Å². The SMILES string of the molecule is Nc1nc(N)n(-c2cc(Cl)c(-c3ccc(S(=O)(=O)N4CCCC4)cc3)c(-c3ccc(S(=O)(=O)N4CCCC4)cc3)c2)n1. The van der Waals surface area contributed by atoms with Crippen molar-refractivity contribution < 1.29 is 16.8 Å². The standard InChI is InChI=1S/C28H30ClN7O4S2/c29-25-18-21(36-28(31)32-27(30)33-36)17-24(19-5-9-22(10-6-19)41(37,38)34-13-1-2-14-34)26(25)20-7-11-23(12-8-20)42(39,40)35-15-3-4-16-35/h5-12,17-18H,1-4,13-16H2,(H4,30,31,32,33). The van der Waals surface area contributed by atoms with Crippen molar-refractivity contribution >= 4 is 43.5 Å². The lowest BCUT2D eigenvalue weighted by molar-refractivity contribution is 0.476. The van der Waals surface area contributed by atoms with Crippen LogP contribution in [0.2, 0.25) is 5.02 Å². The van der Waals surface area contributed by atoms with Gasteiger partial charge in [-0.25, -0.2) is 16.8 Å². The summed E-state index contributed by atoms with van der Waals surface area (Å²) in [6.45, 7) is 2.05. The number of nitrogens with zero attached hydrogens (tertiary/aromatic N) is 5. The normalized spacial score (nSPS) is 16.8. The maximum Gasteiger partial charge on any atom is 0.243 e. The molecule has 0 unspecified atom stereocenters. The predicted molar refractivity (Wildman–Crippen MR) is 162 cm³/mol. The van der Waals surface area contributed by atoms with E-state index in [1.807, 2.05) is 6.07 Å². The lowest BCUT2D eigenvalue weighted by atomic mass is 9.94. The molecule has 6 rings (SSSR count). The Morgan fingerprint density at radius 2 is 1.17 bits per heavy atom. The molecule has 2 saturated heterocycles. The van der Waals surface area contributed by atoms with E-state index in [9.17, 15) is 16.8 Å². The van der Waals surface area contributed by atoms with Crippen molar-refractivity contribution in [2.45, 2.75) is 35.5 Å². The van der Waals surface area contributed by atoms with Crippen LogP contribution >= 0.6 is 11.6 Å².